The Morgan fingerprint density at radius 2 is 1.93 bits per heavy atom. The van der Waals surface area contributed by atoms with Gasteiger partial charge in [0, 0.05) is 30.4 Å². The Labute approximate surface area is 99.0 Å². The number of rotatable bonds is 5. The van der Waals surface area contributed by atoms with Gasteiger partial charge in [0.05, 0.1) is 0 Å². The average molecular weight is 274 g/mol. The van der Waals surface area contributed by atoms with E-state index in [1.165, 1.54) is 17.0 Å². The van der Waals surface area contributed by atoms with Crippen molar-refractivity contribution in [2.45, 2.75) is 5.33 Å². The number of anilines is 1. The molecular weight excluding hydrogens is 258 g/mol. The lowest BCUT2D eigenvalue weighted by Gasteiger charge is -2.18. The number of benzene rings is 1. The molecule has 0 radical (unpaired) electrons. The first-order chi connectivity index (χ1) is 6.77. The van der Waals surface area contributed by atoms with Gasteiger partial charge in [-0.2, -0.15) is 11.8 Å². The molecular formula is C11H16BrNS. The van der Waals surface area contributed by atoms with Gasteiger partial charge in [0.1, 0.15) is 0 Å². The molecule has 0 amide bonds. The van der Waals surface area contributed by atoms with Gasteiger partial charge in [0.2, 0.25) is 0 Å². The zero-order chi connectivity index (χ0) is 10.4. The summed E-state index contributed by atoms with van der Waals surface area (Å²) in [6.45, 7) is 1.11. The van der Waals surface area contributed by atoms with Crippen LogP contribution in [0.1, 0.15) is 5.56 Å². The maximum Gasteiger partial charge on any atom is 0.0364 e. The second kappa shape index (κ2) is 6.36. The van der Waals surface area contributed by atoms with Gasteiger partial charge >= 0.3 is 0 Å². The van der Waals surface area contributed by atoms with Crippen molar-refractivity contribution >= 4 is 33.4 Å². The third-order valence-electron chi connectivity index (χ3n) is 2.16. The monoisotopic (exact) mass is 273 g/mol. The molecule has 0 fully saturated rings. The number of nitrogens with zero attached hydrogens (tertiary/aromatic N) is 1. The molecule has 0 unspecified atom stereocenters. The first-order valence-corrected chi connectivity index (χ1v) is 7.14. The highest BCUT2D eigenvalue weighted by atomic mass is 79.9. The van der Waals surface area contributed by atoms with E-state index in [9.17, 15) is 0 Å². The molecule has 78 valence electrons. The predicted octanol–water partition coefficient (Wildman–Crippen LogP) is 3.38. The first-order valence-electron chi connectivity index (χ1n) is 4.63. The highest BCUT2D eigenvalue weighted by Gasteiger charge is 1.99. The number of hydrogen-bond donors (Lipinski definition) is 0. The minimum absolute atomic E-state index is 0.932. The van der Waals surface area contributed by atoms with Gasteiger partial charge in [-0.3, -0.25) is 0 Å². The summed E-state index contributed by atoms with van der Waals surface area (Å²) >= 11 is 5.33. The smallest absolute Gasteiger partial charge is 0.0364 e. The SMILES string of the molecule is CSCCN(C)c1ccc(CBr)cc1. The molecule has 0 bridgehead atoms. The summed E-state index contributed by atoms with van der Waals surface area (Å²) in [5.74, 6) is 1.18. The molecule has 14 heavy (non-hydrogen) atoms. The van der Waals surface area contributed by atoms with Crippen LogP contribution in [0.4, 0.5) is 5.69 Å². The quantitative estimate of drug-likeness (QED) is 0.757. The maximum atomic E-state index is 3.44. The molecule has 1 aromatic rings. The van der Waals surface area contributed by atoms with Gasteiger partial charge in [-0.05, 0) is 24.0 Å². The van der Waals surface area contributed by atoms with Crippen LogP contribution < -0.4 is 4.90 Å². The van der Waals surface area contributed by atoms with Gasteiger partial charge in [-0.1, -0.05) is 28.1 Å². The zero-order valence-corrected chi connectivity index (χ0v) is 11.1. The van der Waals surface area contributed by atoms with Crippen LogP contribution in [0.25, 0.3) is 0 Å². The fraction of sp³-hybridized carbons (Fsp3) is 0.455. The lowest BCUT2D eigenvalue weighted by molar-refractivity contribution is 0.977. The molecule has 0 saturated heterocycles. The van der Waals surface area contributed by atoms with E-state index in [-0.39, 0.29) is 0 Å². The Kier molecular flexibility index (Phi) is 5.41. The Bertz CT molecular complexity index is 260. The summed E-state index contributed by atoms with van der Waals surface area (Å²) in [7, 11) is 2.14. The summed E-state index contributed by atoms with van der Waals surface area (Å²) < 4.78 is 0. The molecule has 0 aliphatic rings. The number of hydrogen-bond acceptors (Lipinski definition) is 2. The lowest BCUT2D eigenvalue weighted by atomic mass is 10.2. The van der Waals surface area contributed by atoms with Crippen LogP contribution in [0, 0.1) is 0 Å². The van der Waals surface area contributed by atoms with E-state index in [2.05, 4.69) is 58.4 Å². The molecule has 0 saturated carbocycles. The van der Waals surface area contributed by atoms with E-state index >= 15 is 0 Å². The second-order valence-electron chi connectivity index (χ2n) is 3.21. The van der Waals surface area contributed by atoms with Crippen molar-refractivity contribution in [3.63, 3.8) is 0 Å². The van der Waals surface area contributed by atoms with Crippen LogP contribution in [-0.4, -0.2) is 25.6 Å². The topological polar surface area (TPSA) is 3.24 Å². The molecule has 0 N–H and O–H groups in total. The molecule has 0 spiro atoms. The third kappa shape index (κ3) is 3.54. The Morgan fingerprint density at radius 3 is 2.43 bits per heavy atom. The maximum absolute atomic E-state index is 3.44. The van der Waals surface area contributed by atoms with E-state index in [1.807, 2.05) is 11.8 Å². The fourth-order valence-electron chi connectivity index (χ4n) is 1.20. The molecule has 0 heterocycles. The number of halogens is 1. The Morgan fingerprint density at radius 1 is 1.29 bits per heavy atom. The summed E-state index contributed by atoms with van der Waals surface area (Å²) in [5, 5.41) is 0.932. The first kappa shape index (κ1) is 11.9. The highest BCUT2D eigenvalue weighted by molar-refractivity contribution is 9.08. The van der Waals surface area contributed by atoms with Gasteiger partial charge in [0.15, 0.2) is 0 Å². The molecule has 1 rings (SSSR count). The largest absolute Gasteiger partial charge is 0.374 e. The number of thioether (sulfide) groups is 1. The Balaban J connectivity index is 2.57. The van der Waals surface area contributed by atoms with Gasteiger partial charge in [-0.25, -0.2) is 0 Å². The van der Waals surface area contributed by atoms with Crippen molar-refractivity contribution in [3.05, 3.63) is 29.8 Å². The van der Waals surface area contributed by atoms with E-state index in [1.54, 1.807) is 0 Å². The number of alkyl halides is 1. The van der Waals surface area contributed by atoms with Gasteiger partial charge < -0.3 is 4.90 Å². The van der Waals surface area contributed by atoms with Gasteiger partial charge in [0.25, 0.3) is 0 Å². The van der Waals surface area contributed by atoms with Crippen molar-refractivity contribution in [2.24, 2.45) is 0 Å². The van der Waals surface area contributed by atoms with Crippen LogP contribution in [-0.2, 0) is 5.33 Å². The summed E-state index contributed by atoms with van der Waals surface area (Å²) in [6, 6.07) is 8.69. The second-order valence-corrected chi connectivity index (χ2v) is 4.76. The summed E-state index contributed by atoms with van der Waals surface area (Å²) in [4.78, 5) is 2.29. The average Bonchev–Trinajstić information content (AvgIpc) is 2.26. The van der Waals surface area contributed by atoms with E-state index in [4.69, 9.17) is 0 Å². The van der Waals surface area contributed by atoms with Crippen molar-refractivity contribution in [3.8, 4) is 0 Å². The van der Waals surface area contributed by atoms with E-state index in [0.29, 0.717) is 0 Å². The highest BCUT2D eigenvalue weighted by Crippen LogP contribution is 2.15. The fourth-order valence-corrected chi connectivity index (χ4v) is 2.03. The minimum Gasteiger partial charge on any atom is -0.374 e. The molecule has 0 aromatic heterocycles. The molecule has 1 aromatic carbocycles. The summed E-state index contributed by atoms with van der Waals surface area (Å²) in [5.41, 5.74) is 2.62. The van der Waals surface area contributed by atoms with Gasteiger partial charge in [-0.15, -0.1) is 0 Å². The Hall–Kier alpha value is -0.150. The van der Waals surface area contributed by atoms with Crippen molar-refractivity contribution in [1.82, 2.24) is 0 Å². The van der Waals surface area contributed by atoms with Crippen molar-refractivity contribution in [1.29, 1.82) is 0 Å². The lowest BCUT2D eigenvalue weighted by Crippen LogP contribution is -2.19. The third-order valence-corrected chi connectivity index (χ3v) is 3.40. The van der Waals surface area contributed by atoms with Crippen molar-refractivity contribution in [2.75, 3.05) is 30.5 Å². The predicted molar refractivity (Wildman–Crippen MR) is 70.7 cm³/mol. The standard InChI is InChI=1S/C11H16BrNS/c1-13(7-8-14-2)11-5-3-10(9-12)4-6-11/h3-6H,7-9H2,1-2H3. The molecule has 0 aliphatic heterocycles. The van der Waals surface area contributed by atoms with E-state index in [0.717, 1.165) is 11.9 Å². The van der Waals surface area contributed by atoms with Crippen molar-refractivity contribution < 1.29 is 0 Å². The normalized spacial score (nSPS) is 10.2. The molecule has 3 heteroatoms. The van der Waals surface area contributed by atoms with Crippen LogP contribution in [0.3, 0.4) is 0 Å². The van der Waals surface area contributed by atoms with Crippen LogP contribution in [0.5, 0.6) is 0 Å². The molecule has 1 nitrogen and oxygen atoms in total. The van der Waals surface area contributed by atoms with Crippen LogP contribution in [0.2, 0.25) is 0 Å². The van der Waals surface area contributed by atoms with Crippen LogP contribution >= 0.6 is 27.7 Å². The minimum atomic E-state index is 0.932. The summed E-state index contributed by atoms with van der Waals surface area (Å²) in [6.07, 6.45) is 2.14. The molecule has 0 aliphatic carbocycles. The van der Waals surface area contributed by atoms with Crippen LogP contribution in [0.15, 0.2) is 24.3 Å². The molecule has 0 atom stereocenters. The van der Waals surface area contributed by atoms with E-state index < -0.39 is 0 Å². The zero-order valence-electron chi connectivity index (χ0n) is 8.66.